The van der Waals surface area contributed by atoms with Gasteiger partial charge < -0.3 is 0 Å². The number of carbonyl (C=O) groups excluding carboxylic acids is 1. The predicted molar refractivity (Wildman–Crippen MR) is 111 cm³/mol. The first-order valence-corrected chi connectivity index (χ1v) is 10.2. The van der Waals surface area contributed by atoms with Crippen molar-refractivity contribution < 1.29 is 13.2 Å². The molecule has 1 amide bonds. The molecule has 0 spiro atoms. The van der Waals surface area contributed by atoms with E-state index in [0.29, 0.717) is 0 Å². The van der Waals surface area contributed by atoms with Gasteiger partial charge in [-0.15, -0.1) is 0 Å². The van der Waals surface area contributed by atoms with E-state index in [9.17, 15) is 13.2 Å². The second kappa shape index (κ2) is 8.33. The van der Waals surface area contributed by atoms with Crippen LogP contribution in [0.2, 0.25) is 5.02 Å². The summed E-state index contributed by atoms with van der Waals surface area (Å²) in [5, 5.41) is 1.84. The molecule has 0 aliphatic heterocycles. The molecule has 6 nitrogen and oxygen atoms in total. The predicted octanol–water partition coefficient (Wildman–Crippen LogP) is 3.92. The summed E-state index contributed by atoms with van der Waals surface area (Å²) in [6, 6.07) is 21.6. The Morgan fingerprint density at radius 2 is 1.61 bits per heavy atom. The first kappa shape index (κ1) is 19.7. The van der Waals surface area contributed by atoms with Crippen molar-refractivity contribution in [2.75, 3.05) is 16.8 Å². The molecule has 8 heteroatoms. The molecule has 3 rings (SSSR count). The van der Waals surface area contributed by atoms with Crippen LogP contribution in [-0.4, -0.2) is 21.4 Å². The van der Waals surface area contributed by atoms with Gasteiger partial charge >= 0.3 is 0 Å². The standard InChI is InChI=1S/C20H18ClN3O3S/c1-24(16-9-3-2-4-10-16)22-20(25)15-8-7-11-17(14-15)28(26,27)23-19-13-6-5-12-18(19)21/h2-14,23H,1H3,(H,22,25). The average molecular weight is 416 g/mol. The molecule has 3 aromatic rings. The Bertz CT molecular complexity index is 1090. The van der Waals surface area contributed by atoms with E-state index in [-0.39, 0.29) is 21.2 Å². The third-order valence-electron chi connectivity index (χ3n) is 3.94. The number of carbonyl (C=O) groups is 1. The molecule has 0 aliphatic carbocycles. The van der Waals surface area contributed by atoms with Crippen molar-refractivity contribution in [3.8, 4) is 0 Å². The van der Waals surface area contributed by atoms with Gasteiger partial charge in [0.15, 0.2) is 0 Å². The first-order chi connectivity index (χ1) is 13.4. The maximum atomic E-state index is 12.7. The smallest absolute Gasteiger partial charge is 0.269 e. The number of nitrogens with one attached hydrogen (secondary N) is 2. The molecule has 0 aliphatic rings. The summed E-state index contributed by atoms with van der Waals surface area (Å²) in [7, 11) is -2.20. The Labute approximate surface area is 168 Å². The van der Waals surface area contributed by atoms with E-state index in [1.54, 1.807) is 42.4 Å². The zero-order valence-corrected chi connectivity index (χ0v) is 16.5. The molecule has 144 valence electrons. The highest BCUT2D eigenvalue weighted by molar-refractivity contribution is 7.92. The molecule has 2 N–H and O–H groups in total. The fourth-order valence-electron chi connectivity index (χ4n) is 2.49. The van der Waals surface area contributed by atoms with Crippen LogP contribution in [0.15, 0.2) is 83.8 Å². The SMILES string of the molecule is CN(NC(=O)c1cccc(S(=O)(=O)Nc2ccccc2Cl)c1)c1ccccc1. The van der Waals surface area contributed by atoms with Gasteiger partial charge in [0.2, 0.25) is 0 Å². The average Bonchev–Trinajstić information content (AvgIpc) is 2.70. The van der Waals surface area contributed by atoms with Gasteiger partial charge in [-0.2, -0.15) is 0 Å². The van der Waals surface area contributed by atoms with Crippen LogP contribution in [0.25, 0.3) is 0 Å². The lowest BCUT2D eigenvalue weighted by Crippen LogP contribution is -2.39. The van der Waals surface area contributed by atoms with Gasteiger partial charge in [0.25, 0.3) is 15.9 Å². The molecular weight excluding hydrogens is 398 g/mol. The van der Waals surface area contributed by atoms with E-state index in [2.05, 4.69) is 10.1 Å². The molecule has 0 bridgehead atoms. The monoisotopic (exact) mass is 415 g/mol. The Balaban J connectivity index is 1.79. The molecule has 0 radical (unpaired) electrons. The molecule has 0 fully saturated rings. The van der Waals surface area contributed by atoms with Gasteiger partial charge in [-0.05, 0) is 42.5 Å². The van der Waals surface area contributed by atoms with E-state index >= 15 is 0 Å². The fraction of sp³-hybridized carbons (Fsp3) is 0.0500. The summed E-state index contributed by atoms with van der Waals surface area (Å²) in [4.78, 5) is 12.5. The molecule has 0 saturated carbocycles. The maximum absolute atomic E-state index is 12.7. The highest BCUT2D eigenvalue weighted by Crippen LogP contribution is 2.24. The van der Waals surface area contributed by atoms with E-state index in [1.807, 2.05) is 30.3 Å². The highest BCUT2D eigenvalue weighted by atomic mass is 35.5. The van der Waals surface area contributed by atoms with Gasteiger partial charge in [0.05, 0.1) is 21.3 Å². The maximum Gasteiger partial charge on any atom is 0.269 e. The fourth-order valence-corrected chi connectivity index (χ4v) is 3.85. The summed E-state index contributed by atoms with van der Waals surface area (Å²) in [6.07, 6.45) is 0. The first-order valence-electron chi connectivity index (χ1n) is 8.34. The number of halogens is 1. The number of para-hydroxylation sites is 2. The highest BCUT2D eigenvalue weighted by Gasteiger charge is 2.18. The third kappa shape index (κ3) is 4.62. The van der Waals surface area contributed by atoms with Crippen LogP contribution in [0.5, 0.6) is 0 Å². The van der Waals surface area contributed by atoms with Crippen molar-refractivity contribution in [2.24, 2.45) is 0 Å². The normalized spacial score (nSPS) is 10.9. The zero-order valence-electron chi connectivity index (χ0n) is 15.0. The van der Waals surface area contributed by atoms with Gasteiger partial charge in [-0.3, -0.25) is 20.0 Å². The van der Waals surface area contributed by atoms with Crippen molar-refractivity contribution in [3.63, 3.8) is 0 Å². The van der Waals surface area contributed by atoms with Crippen LogP contribution in [0.1, 0.15) is 10.4 Å². The van der Waals surface area contributed by atoms with Crippen molar-refractivity contribution in [1.29, 1.82) is 0 Å². The third-order valence-corrected chi connectivity index (χ3v) is 5.63. The number of anilines is 2. The van der Waals surface area contributed by atoms with E-state index in [0.717, 1.165) is 5.69 Å². The lowest BCUT2D eigenvalue weighted by molar-refractivity contribution is 0.0951. The van der Waals surface area contributed by atoms with E-state index in [4.69, 9.17) is 11.6 Å². The summed E-state index contributed by atoms with van der Waals surface area (Å²) >= 11 is 6.02. The summed E-state index contributed by atoms with van der Waals surface area (Å²) < 4.78 is 27.8. The van der Waals surface area contributed by atoms with Crippen molar-refractivity contribution in [2.45, 2.75) is 4.90 Å². The van der Waals surface area contributed by atoms with Crippen LogP contribution in [-0.2, 0) is 10.0 Å². The van der Waals surface area contributed by atoms with Crippen LogP contribution in [0.4, 0.5) is 11.4 Å². The van der Waals surface area contributed by atoms with Crippen molar-refractivity contribution in [3.05, 3.63) is 89.4 Å². The second-order valence-electron chi connectivity index (χ2n) is 5.95. The zero-order chi connectivity index (χ0) is 20.1. The summed E-state index contributed by atoms with van der Waals surface area (Å²) in [6.45, 7) is 0. The number of rotatable bonds is 6. The van der Waals surface area contributed by atoms with Crippen LogP contribution in [0.3, 0.4) is 0 Å². The minimum absolute atomic E-state index is 0.0394. The Hall–Kier alpha value is -3.03. The Morgan fingerprint density at radius 1 is 0.929 bits per heavy atom. The van der Waals surface area contributed by atoms with Crippen LogP contribution < -0.4 is 15.2 Å². The minimum atomic E-state index is -3.90. The number of hydrogen-bond donors (Lipinski definition) is 2. The van der Waals surface area contributed by atoms with Gasteiger partial charge in [-0.25, -0.2) is 8.42 Å². The number of hydrogen-bond acceptors (Lipinski definition) is 4. The molecule has 28 heavy (non-hydrogen) atoms. The number of amides is 1. The van der Waals surface area contributed by atoms with E-state index in [1.165, 1.54) is 18.2 Å². The molecule has 0 aromatic heterocycles. The summed E-state index contributed by atoms with van der Waals surface area (Å²) in [5.41, 5.74) is 3.98. The molecule has 0 saturated heterocycles. The Kier molecular flexibility index (Phi) is 5.87. The van der Waals surface area contributed by atoms with Gasteiger partial charge in [0, 0.05) is 12.6 Å². The molecular formula is C20H18ClN3O3S. The largest absolute Gasteiger partial charge is 0.288 e. The van der Waals surface area contributed by atoms with Crippen molar-refractivity contribution >= 4 is 38.9 Å². The summed E-state index contributed by atoms with van der Waals surface area (Å²) in [5.74, 6) is -0.429. The quantitative estimate of drug-likeness (QED) is 0.598. The van der Waals surface area contributed by atoms with Crippen LogP contribution in [0, 0.1) is 0 Å². The minimum Gasteiger partial charge on any atom is -0.288 e. The topological polar surface area (TPSA) is 78.5 Å². The van der Waals surface area contributed by atoms with Crippen LogP contribution >= 0.6 is 11.6 Å². The van der Waals surface area contributed by atoms with E-state index < -0.39 is 15.9 Å². The lowest BCUT2D eigenvalue weighted by Gasteiger charge is -2.20. The number of sulfonamides is 1. The number of benzene rings is 3. The molecule has 0 atom stereocenters. The van der Waals surface area contributed by atoms with Crippen molar-refractivity contribution in [1.82, 2.24) is 5.43 Å². The van der Waals surface area contributed by atoms with Gasteiger partial charge in [0.1, 0.15) is 0 Å². The molecule has 0 heterocycles. The molecule has 0 unspecified atom stereocenters. The van der Waals surface area contributed by atoms with Gasteiger partial charge in [-0.1, -0.05) is 48.0 Å². The molecule has 3 aromatic carbocycles. The number of hydrazine groups is 1. The number of nitrogens with zero attached hydrogens (tertiary/aromatic N) is 1. The second-order valence-corrected chi connectivity index (χ2v) is 8.04. The Morgan fingerprint density at radius 3 is 2.32 bits per heavy atom. The lowest BCUT2D eigenvalue weighted by atomic mass is 10.2.